The normalized spacial score (nSPS) is 10.6. The Labute approximate surface area is 133 Å². The third-order valence-corrected chi connectivity index (χ3v) is 4.37. The van der Waals surface area contributed by atoms with E-state index in [9.17, 15) is 4.79 Å². The van der Waals surface area contributed by atoms with E-state index in [1.807, 2.05) is 0 Å². The van der Waals surface area contributed by atoms with Crippen molar-refractivity contribution < 1.29 is 4.79 Å². The molecule has 1 aromatic carbocycles. The van der Waals surface area contributed by atoms with Gasteiger partial charge in [-0.25, -0.2) is 0 Å². The Hall–Kier alpha value is -0.620. The molecule has 19 heavy (non-hydrogen) atoms. The molecule has 0 spiro atoms. The highest BCUT2D eigenvalue weighted by molar-refractivity contribution is 9.10. The van der Waals surface area contributed by atoms with E-state index in [1.54, 1.807) is 19.1 Å². The van der Waals surface area contributed by atoms with Gasteiger partial charge in [-0.3, -0.25) is 4.79 Å². The Kier molecular flexibility index (Phi) is 4.50. The molecule has 0 aliphatic heterocycles. The summed E-state index contributed by atoms with van der Waals surface area (Å²) in [5.41, 5.74) is 1.84. The van der Waals surface area contributed by atoms with Gasteiger partial charge in [-0.15, -0.1) is 0 Å². The first-order chi connectivity index (χ1) is 8.90. The Bertz CT molecular complexity index is 634. The molecule has 1 heterocycles. The number of halogens is 3. The van der Waals surface area contributed by atoms with Gasteiger partial charge >= 0.3 is 0 Å². The SMILES string of the molecule is CC(=O)c1c(C)nsc1Nc1c(Cl)cc(Br)cc1Cl. The van der Waals surface area contributed by atoms with Crippen LogP contribution in [0.1, 0.15) is 23.0 Å². The Morgan fingerprint density at radius 3 is 2.47 bits per heavy atom. The number of carbonyl (C=O) groups is 1. The number of hydrogen-bond acceptors (Lipinski definition) is 4. The molecule has 0 aliphatic carbocycles. The van der Waals surface area contributed by atoms with Crippen LogP contribution in [0.5, 0.6) is 0 Å². The number of Topliss-reactive ketones (excluding diaryl/α,β-unsaturated/α-hetero) is 1. The molecule has 0 radical (unpaired) electrons. The lowest BCUT2D eigenvalue weighted by atomic mass is 10.2. The van der Waals surface area contributed by atoms with Gasteiger partial charge in [0.05, 0.1) is 27.0 Å². The second-order valence-corrected chi connectivity index (χ2v) is 6.40. The number of rotatable bonds is 3. The number of hydrogen-bond donors (Lipinski definition) is 1. The molecular weight excluding hydrogens is 371 g/mol. The van der Waals surface area contributed by atoms with Crippen LogP contribution >= 0.6 is 50.7 Å². The third-order valence-electron chi connectivity index (χ3n) is 2.46. The van der Waals surface area contributed by atoms with Crippen molar-refractivity contribution in [2.24, 2.45) is 0 Å². The maximum absolute atomic E-state index is 11.6. The summed E-state index contributed by atoms with van der Waals surface area (Å²) in [5.74, 6) is -0.0434. The fourth-order valence-corrected chi connectivity index (χ4v) is 3.80. The maximum Gasteiger partial charge on any atom is 0.164 e. The molecular formula is C12H9BrCl2N2OS. The molecule has 1 aromatic heterocycles. The number of anilines is 2. The largest absolute Gasteiger partial charge is 0.343 e. The van der Waals surface area contributed by atoms with E-state index < -0.39 is 0 Å². The standard InChI is InChI=1S/C12H9BrCl2N2OS/c1-5-10(6(2)18)12(19-17-5)16-11-8(14)3-7(13)4-9(11)15/h3-4,16H,1-2H3. The van der Waals surface area contributed by atoms with Crippen molar-refractivity contribution in [1.29, 1.82) is 0 Å². The average molecular weight is 380 g/mol. The van der Waals surface area contributed by atoms with Gasteiger partial charge in [-0.05, 0) is 37.5 Å². The van der Waals surface area contributed by atoms with Crippen LogP contribution in [0, 0.1) is 6.92 Å². The first-order valence-electron chi connectivity index (χ1n) is 5.29. The van der Waals surface area contributed by atoms with Crippen molar-refractivity contribution in [3.05, 3.63) is 37.9 Å². The van der Waals surface area contributed by atoms with Gasteiger partial charge < -0.3 is 5.32 Å². The minimum atomic E-state index is -0.0434. The predicted octanol–water partition coefficient (Wildman–Crippen LogP) is 5.47. The van der Waals surface area contributed by atoms with Crippen molar-refractivity contribution in [3.63, 3.8) is 0 Å². The van der Waals surface area contributed by atoms with E-state index in [0.717, 1.165) is 4.47 Å². The van der Waals surface area contributed by atoms with Gasteiger partial charge in [0, 0.05) is 4.47 Å². The lowest BCUT2D eigenvalue weighted by Gasteiger charge is -2.10. The molecule has 100 valence electrons. The van der Waals surface area contributed by atoms with E-state index in [-0.39, 0.29) is 5.78 Å². The van der Waals surface area contributed by atoms with Crippen LogP contribution in [-0.2, 0) is 0 Å². The van der Waals surface area contributed by atoms with Gasteiger partial charge in [0.15, 0.2) is 5.78 Å². The van der Waals surface area contributed by atoms with Crippen molar-refractivity contribution in [2.45, 2.75) is 13.8 Å². The average Bonchev–Trinajstić information content (AvgIpc) is 2.64. The van der Waals surface area contributed by atoms with Crippen LogP contribution < -0.4 is 5.32 Å². The summed E-state index contributed by atoms with van der Waals surface area (Å²) in [4.78, 5) is 11.6. The van der Waals surface area contributed by atoms with Crippen LogP contribution in [0.15, 0.2) is 16.6 Å². The van der Waals surface area contributed by atoms with E-state index in [4.69, 9.17) is 23.2 Å². The first kappa shape index (κ1) is 14.8. The molecule has 0 saturated heterocycles. The summed E-state index contributed by atoms with van der Waals surface area (Å²) in [6, 6.07) is 3.47. The van der Waals surface area contributed by atoms with E-state index >= 15 is 0 Å². The third kappa shape index (κ3) is 3.11. The molecule has 7 heteroatoms. The number of carbonyl (C=O) groups excluding carboxylic acids is 1. The van der Waals surface area contributed by atoms with Crippen LogP contribution in [0.2, 0.25) is 10.0 Å². The van der Waals surface area contributed by atoms with Crippen molar-refractivity contribution in [3.8, 4) is 0 Å². The topological polar surface area (TPSA) is 42.0 Å². The Morgan fingerprint density at radius 2 is 1.95 bits per heavy atom. The molecule has 3 nitrogen and oxygen atoms in total. The summed E-state index contributed by atoms with van der Waals surface area (Å²) >= 11 is 16.8. The molecule has 2 rings (SSSR count). The first-order valence-corrected chi connectivity index (χ1v) is 7.61. The van der Waals surface area contributed by atoms with Gasteiger partial charge in [0.25, 0.3) is 0 Å². The second-order valence-electron chi connectivity index (χ2n) is 3.90. The number of benzene rings is 1. The smallest absolute Gasteiger partial charge is 0.164 e. The molecule has 0 saturated carbocycles. The number of nitrogens with zero attached hydrogens (tertiary/aromatic N) is 1. The lowest BCUT2D eigenvalue weighted by Crippen LogP contribution is -1.99. The van der Waals surface area contributed by atoms with E-state index in [1.165, 1.54) is 18.5 Å². The van der Waals surface area contributed by atoms with Crippen molar-refractivity contribution in [1.82, 2.24) is 4.37 Å². The number of ketones is 1. The van der Waals surface area contributed by atoms with Crippen molar-refractivity contribution in [2.75, 3.05) is 5.32 Å². The van der Waals surface area contributed by atoms with Crippen LogP contribution in [0.25, 0.3) is 0 Å². The van der Waals surface area contributed by atoms with E-state index in [0.29, 0.717) is 32.0 Å². The summed E-state index contributed by atoms with van der Waals surface area (Å²) in [6.07, 6.45) is 0. The number of aromatic nitrogens is 1. The number of aryl methyl sites for hydroxylation is 1. The molecule has 2 aromatic rings. The Morgan fingerprint density at radius 1 is 1.37 bits per heavy atom. The fourth-order valence-electron chi connectivity index (χ4n) is 1.64. The molecule has 1 N–H and O–H groups in total. The monoisotopic (exact) mass is 378 g/mol. The summed E-state index contributed by atoms with van der Waals surface area (Å²) < 4.78 is 4.97. The highest BCUT2D eigenvalue weighted by Gasteiger charge is 2.17. The Balaban J connectivity index is 2.45. The minimum absolute atomic E-state index is 0.0434. The molecule has 0 fully saturated rings. The van der Waals surface area contributed by atoms with Crippen molar-refractivity contribution >= 4 is 67.1 Å². The van der Waals surface area contributed by atoms with Gasteiger partial charge in [-0.2, -0.15) is 4.37 Å². The van der Waals surface area contributed by atoms with Gasteiger partial charge in [0.2, 0.25) is 0 Å². The molecule has 0 amide bonds. The summed E-state index contributed by atoms with van der Waals surface area (Å²) in [7, 11) is 0. The zero-order valence-electron chi connectivity index (χ0n) is 10.1. The molecule has 0 atom stereocenters. The van der Waals surface area contributed by atoms with Gasteiger partial charge in [0.1, 0.15) is 5.00 Å². The van der Waals surface area contributed by atoms with E-state index in [2.05, 4.69) is 25.6 Å². The summed E-state index contributed by atoms with van der Waals surface area (Å²) in [6.45, 7) is 3.30. The van der Waals surface area contributed by atoms with Crippen LogP contribution in [-0.4, -0.2) is 10.2 Å². The van der Waals surface area contributed by atoms with Crippen LogP contribution in [0.4, 0.5) is 10.7 Å². The molecule has 0 unspecified atom stereocenters. The highest BCUT2D eigenvalue weighted by atomic mass is 79.9. The maximum atomic E-state index is 11.6. The lowest BCUT2D eigenvalue weighted by molar-refractivity contribution is 0.101. The fraction of sp³-hybridized carbons (Fsp3) is 0.167. The van der Waals surface area contributed by atoms with Gasteiger partial charge in [-0.1, -0.05) is 39.1 Å². The highest BCUT2D eigenvalue weighted by Crippen LogP contribution is 2.38. The number of nitrogens with one attached hydrogen (secondary N) is 1. The molecule has 0 aliphatic rings. The minimum Gasteiger partial charge on any atom is -0.343 e. The second kappa shape index (κ2) is 5.79. The zero-order chi connectivity index (χ0) is 14.2. The van der Waals surface area contributed by atoms with Crippen LogP contribution in [0.3, 0.4) is 0 Å². The quantitative estimate of drug-likeness (QED) is 0.719. The predicted molar refractivity (Wildman–Crippen MR) is 84.3 cm³/mol. The summed E-state index contributed by atoms with van der Waals surface area (Å²) in [5, 5.41) is 4.68. The molecule has 0 bridgehead atoms. The zero-order valence-corrected chi connectivity index (χ0v) is 14.0.